The van der Waals surface area contributed by atoms with E-state index in [1.165, 1.54) is 23.4 Å². The lowest BCUT2D eigenvalue weighted by Gasteiger charge is -2.25. The number of hydrogen-bond acceptors (Lipinski definition) is 4. The summed E-state index contributed by atoms with van der Waals surface area (Å²) in [6.07, 6.45) is 8.55. The first-order chi connectivity index (χ1) is 10.2. The van der Waals surface area contributed by atoms with E-state index in [0.717, 1.165) is 49.6 Å². The van der Waals surface area contributed by atoms with Crippen LogP contribution in [0.3, 0.4) is 0 Å². The first kappa shape index (κ1) is 15.0. The van der Waals surface area contributed by atoms with Gasteiger partial charge in [0.15, 0.2) is 5.13 Å². The normalized spacial score (nSPS) is 29.0. The minimum absolute atomic E-state index is 0.0677. The van der Waals surface area contributed by atoms with Crippen molar-refractivity contribution in [2.24, 2.45) is 17.6 Å². The monoisotopic (exact) mass is 307 g/mol. The number of nitrogens with one attached hydrogen (secondary N) is 1. The minimum atomic E-state index is 0.0677. The number of carbonyl (C=O) groups excluding carboxylic acids is 1. The predicted molar refractivity (Wildman–Crippen MR) is 86.5 cm³/mol. The second-order valence-electron chi connectivity index (χ2n) is 6.52. The van der Waals surface area contributed by atoms with Crippen LogP contribution in [-0.2, 0) is 17.6 Å². The summed E-state index contributed by atoms with van der Waals surface area (Å²) in [4.78, 5) is 18.4. The third-order valence-electron chi connectivity index (χ3n) is 4.93. The molecule has 4 nitrogen and oxygen atoms in total. The Labute approximate surface area is 130 Å². The summed E-state index contributed by atoms with van der Waals surface area (Å²) in [6, 6.07) is 0.185. The van der Waals surface area contributed by atoms with Gasteiger partial charge in [0.25, 0.3) is 0 Å². The molecule has 3 rings (SSSR count). The molecule has 1 aromatic heterocycles. The van der Waals surface area contributed by atoms with Crippen molar-refractivity contribution >= 4 is 22.4 Å². The van der Waals surface area contributed by atoms with Gasteiger partial charge in [-0.25, -0.2) is 4.98 Å². The molecule has 1 amide bonds. The molecule has 0 aromatic carbocycles. The second kappa shape index (κ2) is 6.44. The Morgan fingerprint density at radius 1 is 1.43 bits per heavy atom. The number of carbonyl (C=O) groups is 1. The van der Waals surface area contributed by atoms with E-state index in [9.17, 15) is 4.79 Å². The number of aromatic nitrogens is 1. The summed E-state index contributed by atoms with van der Waals surface area (Å²) >= 11 is 1.67. The van der Waals surface area contributed by atoms with Gasteiger partial charge in [0.2, 0.25) is 5.91 Å². The first-order valence-corrected chi connectivity index (χ1v) is 9.02. The van der Waals surface area contributed by atoms with Crippen molar-refractivity contribution in [3.8, 4) is 0 Å². The molecule has 3 N–H and O–H groups in total. The van der Waals surface area contributed by atoms with E-state index in [2.05, 4.69) is 17.2 Å². The summed E-state index contributed by atoms with van der Waals surface area (Å²) in [5.41, 5.74) is 7.18. The van der Waals surface area contributed by atoms with Gasteiger partial charge < -0.3 is 11.1 Å². The number of nitrogens with two attached hydrogens (primary N) is 1. The van der Waals surface area contributed by atoms with Crippen molar-refractivity contribution in [1.82, 2.24) is 4.98 Å². The number of amides is 1. The van der Waals surface area contributed by atoms with Crippen molar-refractivity contribution in [3.05, 3.63) is 10.6 Å². The van der Waals surface area contributed by atoms with E-state index in [4.69, 9.17) is 5.73 Å². The van der Waals surface area contributed by atoms with Gasteiger partial charge in [-0.15, -0.1) is 11.3 Å². The minimum Gasteiger partial charge on any atom is -0.328 e. The molecule has 0 radical (unpaired) electrons. The summed E-state index contributed by atoms with van der Waals surface area (Å²) in [5, 5.41) is 3.83. The zero-order valence-corrected chi connectivity index (χ0v) is 13.5. The maximum absolute atomic E-state index is 12.3. The lowest BCUT2D eigenvalue weighted by molar-refractivity contribution is -0.120. The smallest absolute Gasteiger partial charge is 0.229 e. The summed E-state index contributed by atoms with van der Waals surface area (Å²) < 4.78 is 0. The van der Waals surface area contributed by atoms with Crippen LogP contribution in [0.5, 0.6) is 0 Å². The molecule has 1 aromatic rings. The number of rotatable bonds is 3. The van der Waals surface area contributed by atoms with Gasteiger partial charge in [-0.3, -0.25) is 4.79 Å². The van der Waals surface area contributed by atoms with Crippen LogP contribution in [0.1, 0.15) is 56.0 Å². The molecule has 0 saturated heterocycles. The number of aryl methyl sites for hydroxylation is 1. The fourth-order valence-corrected chi connectivity index (χ4v) is 4.64. The predicted octanol–water partition coefficient (Wildman–Crippen LogP) is 3.11. The number of anilines is 1. The fourth-order valence-electron chi connectivity index (χ4n) is 3.52. The Kier molecular flexibility index (Phi) is 4.60. The molecule has 1 fully saturated rings. The van der Waals surface area contributed by atoms with Crippen molar-refractivity contribution in [2.45, 2.75) is 64.3 Å². The number of nitrogens with zero attached hydrogens (tertiary/aromatic N) is 1. The second-order valence-corrected chi connectivity index (χ2v) is 7.60. The Bertz CT molecular complexity index is 514. The Balaban J connectivity index is 1.63. The number of fused-ring (bicyclic) bond motifs is 1. The van der Waals surface area contributed by atoms with Gasteiger partial charge in [0.05, 0.1) is 5.69 Å². The molecule has 1 heterocycles. The summed E-state index contributed by atoms with van der Waals surface area (Å²) in [6.45, 7) is 2.26. The molecule has 0 bridgehead atoms. The zero-order chi connectivity index (χ0) is 14.8. The van der Waals surface area contributed by atoms with Gasteiger partial charge >= 0.3 is 0 Å². The molecule has 3 atom stereocenters. The highest BCUT2D eigenvalue weighted by molar-refractivity contribution is 7.15. The Hall–Kier alpha value is -0.940. The summed E-state index contributed by atoms with van der Waals surface area (Å²) in [5.74, 6) is 0.971. The van der Waals surface area contributed by atoms with Crippen LogP contribution in [0, 0.1) is 11.8 Å². The third kappa shape index (κ3) is 3.46. The zero-order valence-electron chi connectivity index (χ0n) is 12.7. The van der Waals surface area contributed by atoms with Crippen LogP contribution in [0.2, 0.25) is 0 Å². The van der Waals surface area contributed by atoms with Crippen LogP contribution in [0.25, 0.3) is 0 Å². The summed E-state index contributed by atoms with van der Waals surface area (Å²) in [7, 11) is 0. The highest BCUT2D eigenvalue weighted by Gasteiger charge is 2.27. The number of thiazole rings is 1. The topological polar surface area (TPSA) is 68.0 Å². The average Bonchev–Trinajstić information content (AvgIpc) is 2.88. The SMILES string of the molecule is CCC1CCc2nc(NC(=O)C3CCCC(N)C3)sc2C1. The van der Waals surface area contributed by atoms with E-state index >= 15 is 0 Å². The van der Waals surface area contributed by atoms with Crippen LogP contribution in [0.15, 0.2) is 0 Å². The standard InChI is InChI=1S/C16H25N3OS/c1-2-10-6-7-13-14(8-10)21-16(18-13)19-15(20)11-4-3-5-12(17)9-11/h10-12H,2-9,17H2,1H3,(H,18,19,20). The number of hydrogen-bond donors (Lipinski definition) is 2. The van der Waals surface area contributed by atoms with Gasteiger partial charge in [0.1, 0.15) is 0 Å². The van der Waals surface area contributed by atoms with Crippen molar-refractivity contribution < 1.29 is 4.79 Å². The van der Waals surface area contributed by atoms with Crippen LogP contribution < -0.4 is 11.1 Å². The lowest BCUT2D eigenvalue weighted by Crippen LogP contribution is -2.34. The average molecular weight is 307 g/mol. The maximum atomic E-state index is 12.3. The molecule has 0 spiro atoms. The van der Waals surface area contributed by atoms with Gasteiger partial charge in [0, 0.05) is 16.8 Å². The molecule has 2 aliphatic rings. The molecule has 0 aliphatic heterocycles. The molecule has 5 heteroatoms. The molecule has 2 aliphatic carbocycles. The van der Waals surface area contributed by atoms with Crippen molar-refractivity contribution in [3.63, 3.8) is 0 Å². The highest BCUT2D eigenvalue weighted by Crippen LogP contribution is 2.34. The lowest BCUT2D eigenvalue weighted by atomic mass is 9.85. The van der Waals surface area contributed by atoms with Crippen LogP contribution >= 0.6 is 11.3 Å². The van der Waals surface area contributed by atoms with E-state index in [0.29, 0.717) is 0 Å². The molecular weight excluding hydrogens is 282 g/mol. The van der Waals surface area contributed by atoms with E-state index < -0.39 is 0 Å². The van der Waals surface area contributed by atoms with Gasteiger partial charge in [-0.05, 0) is 44.4 Å². The molecular formula is C16H25N3OS. The molecule has 1 saturated carbocycles. The fraction of sp³-hybridized carbons (Fsp3) is 0.750. The quantitative estimate of drug-likeness (QED) is 0.901. The van der Waals surface area contributed by atoms with E-state index in [1.54, 1.807) is 11.3 Å². The van der Waals surface area contributed by atoms with Crippen LogP contribution in [0.4, 0.5) is 5.13 Å². The van der Waals surface area contributed by atoms with Crippen LogP contribution in [-0.4, -0.2) is 16.9 Å². The van der Waals surface area contributed by atoms with Crippen molar-refractivity contribution in [2.75, 3.05) is 5.32 Å². The largest absolute Gasteiger partial charge is 0.328 e. The van der Waals surface area contributed by atoms with Gasteiger partial charge in [-0.1, -0.05) is 19.8 Å². The Morgan fingerprint density at radius 3 is 3.05 bits per heavy atom. The van der Waals surface area contributed by atoms with Crippen molar-refractivity contribution in [1.29, 1.82) is 0 Å². The third-order valence-corrected chi connectivity index (χ3v) is 5.97. The van der Waals surface area contributed by atoms with E-state index in [-0.39, 0.29) is 17.9 Å². The first-order valence-electron chi connectivity index (χ1n) is 8.20. The molecule has 3 unspecified atom stereocenters. The molecule has 21 heavy (non-hydrogen) atoms. The molecule has 116 valence electrons. The Morgan fingerprint density at radius 2 is 2.29 bits per heavy atom. The maximum Gasteiger partial charge on any atom is 0.229 e. The van der Waals surface area contributed by atoms with Gasteiger partial charge in [-0.2, -0.15) is 0 Å². The highest BCUT2D eigenvalue weighted by atomic mass is 32.1. The van der Waals surface area contributed by atoms with E-state index in [1.807, 2.05) is 0 Å².